The largest absolute Gasteiger partial charge is 0.391 e. The Morgan fingerprint density at radius 2 is 1.79 bits per heavy atom. The van der Waals surface area contributed by atoms with Crippen LogP contribution in [-0.2, 0) is 0 Å². The van der Waals surface area contributed by atoms with Crippen LogP contribution in [0.4, 0.5) is 0 Å². The van der Waals surface area contributed by atoms with Crippen LogP contribution < -0.4 is 5.32 Å². The van der Waals surface area contributed by atoms with E-state index in [1.807, 2.05) is 6.07 Å². The van der Waals surface area contributed by atoms with E-state index < -0.39 is 6.10 Å². The first kappa shape index (κ1) is 16.7. The van der Waals surface area contributed by atoms with Gasteiger partial charge in [0.25, 0.3) is 5.91 Å². The molecule has 5 heteroatoms. The highest BCUT2D eigenvalue weighted by Gasteiger charge is 2.17. The number of halogens is 2. The van der Waals surface area contributed by atoms with Gasteiger partial charge in [-0.1, -0.05) is 52.6 Å². The predicted octanol–water partition coefficient (Wildman–Crippen LogP) is 3.74. The van der Waals surface area contributed by atoms with Crippen LogP contribution in [0.5, 0.6) is 0 Å². The Hall–Kier alpha value is -0.390. The molecule has 2 N–H and O–H groups in total. The Morgan fingerprint density at radius 3 is 2.26 bits per heavy atom. The van der Waals surface area contributed by atoms with Crippen LogP contribution in [0.1, 0.15) is 37.6 Å². The zero-order valence-corrected chi connectivity index (χ0v) is 14.5. The average Bonchev–Trinajstić information content (AvgIpc) is 2.22. The van der Waals surface area contributed by atoms with E-state index in [0.29, 0.717) is 12.0 Å². The third-order valence-corrected chi connectivity index (χ3v) is 3.39. The van der Waals surface area contributed by atoms with Gasteiger partial charge in [0, 0.05) is 21.1 Å². The maximum absolute atomic E-state index is 12.0. The summed E-state index contributed by atoms with van der Waals surface area (Å²) in [6.45, 7) is 6.44. The maximum Gasteiger partial charge on any atom is 0.251 e. The maximum atomic E-state index is 12.0. The summed E-state index contributed by atoms with van der Waals surface area (Å²) in [5, 5.41) is 12.6. The molecule has 0 aliphatic rings. The summed E-state index contributed by atoms with van der Waals surface area (Å²) >= 11 is 6.68. The van der Waals surface area contributed by atoms with Gasteiger partial charge in [-0.25, -0.2) is 0 Å². The van der Waals surface area contributed by atoms with Crippen LogP contribution in [0.3, 0.4) is 0 Å². The van der Waals surface area contributed by atoms with Crippen LogP contribution >= 0.6 is 31.9 Å². The van der Waals surface area contributed by atoms with Gasteiger partial charge in [0.05, 0.1) is 6.10 Å². The molecular weight excluding hydrogens is 374 g/mol. The number of carbonyl (C=O) groups is 1. The molecule has 0 radical (unpaired) electrons. The van der Waals surface area contributed by atoms with E-state index in [2.05, 4.69) is 57.9 Å². The van der Waals surface area contributed by atoms with Gasteiger partial charge in [-0.2, -0.15) is 0 Å². The number of amides is 1. The Kier molecular flexibility index (Phi) is 6.02. The highest BCUT2D eigenvalue weighted by atomic mass is 79.9. The number of aliphatic hydroxyl groups is 1. The van der Waals surface area contributed by atoms with E-state index in [1.54, 1.807) is 12.1 Å². The second-order valence-electron chi connectivity index (χ2n) is 5.79. The second kappa shape index (κ2) is 6.86. The van der Waals surface area contributed by atoms with Crippen LogP contribution in [-0.4, -0.2) is 23.7 Å². The summed E-state index contributed by atoms with van der Waals surface area (Å²) in [6, 6.07) is 5.36. The topological polar surface area (TPSA) is 49.3 Å². The fraction of sp³-hybridized carbons (Fsp3) is 0.500. The summed E-state index contributed by atoms with van der Waals surface area (Å²) in [5.41, 5.74) is 0.604. The molecule has 1 atom stereocenters. The van der Waals surface area contributed by atoms with Crippen LogP contribution in [0, 0.1) is 5.41 Å². The second-order valence-corrected chi connectivity index (χ2v) is 7.62. The van der Waals surface area contributed by atoms with E-state index >= 15 is 0 Å². The fourth-order valence-corrected chi connectivity index (χ4v) is 3.07. The van der Waals surface area contributed by atoms with E-state index in [0.717, 1.165) is 8.95 Å². The van der Waals surface area contributed by atoms with Crippen molar-refractivity contribution < 1.29 is 9.90 Å². The van der Waals surface area contributed by atoms with Gasteiger partial charge in [-0.05, 0) is 30.0 Å². The van der Waals surface area contributed by atoms with Crippen molar-refractivity contribution in [1.29, 1.82) is 0 Å². The number of aliphatic hydroxyl groups excluding tert-OH is 1. The quantitative estimate of drug-likeness (QED) is 0.819. The van der Waals surface area contributed by atoms with Crippen molar-refractivity contribution in [2.75, 3.05) is 6.54 Å². The van der Waals surface area contributed by atoms with Crippen molar-refractivity contribution >= 4 is 37.8 Å². The van der Waals surface area contributed by atoms with Crippen LogP contribution in [0.2, 0.25) is 0 Å². The van der Waals surface area contributed by atoms with Crippen molar-refractivity contribution in [3.8, 4) is 0 Å². The number of rotatable bonds is 4. The van der Waals surface area contributed by atoms with E-state index in [1.165, 1.54) is 0 Å². The molecule has 1 amide bonds. The zero-order chi connectivity index (χ0) is 14.6. The molecule has 1 rings (SSSR count). The van der Waals surface area contributed by atoms with Gasteiger partial charge in [-0.3, -0.25) is 4.79 Å². The molecular formula is C14H19Br2NO2. The number of hydrogen-bond donors (Lipinski definition) is 2. The molecule has 1 aromatic rings. The molecule has 0 fully saturated rings. The van der Waals surface area contributed by atoms with Crippen molar-refractivity contribution in [3.05, 3.63) is 32.7 Å². The predicted molar refractivity (Wildman–Crippen MR) is 84.3 cm³/mol. The highest BCUT2D eigenvalue weighted by molar-refractivity contribution is 9.11. The van der Waals surface area contributed by atoms with Crippen LogP contribution in [0.25, 0.3) is 0 Å². The highest BCUT2D eigenvalue weighted by Crippen LogP contribution is 2.21. The molecule has 1 unspecified atom stereocenters. The standard InChI is InChI=1S/C14H19Br2NO2/c1-14(2,3)7-12(18)8-17-13(19)9-4-10(15)6-11(16)5-9/h4-6,12,18H,7-8H2,1-3H3,(H,17,19). The Bertz CT molecular complexity index is 435. The lowest BCUT2D eigenvalue weighted by atomic mass is 9.89. The first-order valence-corrected chi connectivity index (χ1v) is 7.68. The Labute approximate surface area is 131 Å². The van der Waals surface area contributed by atoms with Gasteiger partial charge in [-0.15, -0.1) is 0 Å². The van der Waals surface area contributed by atoms with Gasteiger partial charge >= 0.3 is 0 Å². The number of hydrogen-bond acceptors (Lipinski definition) is 2. The Balaban J connectivity index is 2.56. The number of benzene rings is 1. The minimum Gasteiger partial charge on any atom is -0.391 e. The molecule has 0 bridgehead atoms. The molecule has 0 saturated carbocycles. The lowest BCUT2D eigenvalue weighted by Crippen LogP contribution is -2.34. The monoisotopic (exact) mass is 391 g/mol. The van der Waals surface area contributed by atoms with Gasteiger partial charge in [0.1, 0.15) is 0 Å². The minimum atomic E-state index is -0.528. The molecule has 3 nitrogen and oxygen atoms in total. The molecule has 0 aliphatic carbocycles. The molecule has 1 aromatic carbocycles. The van der Waals surface area contributed by atoms with Gasteiger partial charge < -0.3 is 10.4 Å². The average molecular weight is 393 g/mol. The lowest BCUT2D eigenvalue weighted by molar-refractivity contribution is 0.0868. The van der Waals surface area contributed by atoms with Gasteiger partial charge in [0.15, 0.2) is 0 Å². The first-order chi connectivity index (χ1) is 8.67. The van der Waals surface area contributed by atoms with Crippen molar-refractivity contribution in [1.82, 2.24) is 5.32 Å². The van der Waals surface area contributed by atoms with Crippen molar-refractivity contribution in [2.24, 2.45) is 5.41 Å². The summed E-state index contributed by atoms with van der Waals surface area (Å²) in [5.74, 6) is -0.185. The van der Waals surface area contributed by atoms with Gasteiger partial charge in [0.2, 0.25) is 0 Å². The molecule has 0 spiro atoms. The Morgan fingerprint density at radius 1 is 1.26 bits per heavy atom. The summed E-state index contributed by atoms with van der Waals surface area (Å²) < 4.78 is 1.67. The molecule has 0 saturated heterocycles. The zero-order valence-electron chi connectivity index (χ0n) is 11.3. The van der Waals surface area contributed by atoms with E-state index in [9.17, 15) is 9.90 Å². The van der Waals surface area contributed by atoms with Crippen molar-refractivity contribution in [3.63, 3.8) is 0 Å². The molecule has 0 aromatic heterocycles. The normalized spacial score (nSPS) is 13.2. The molecule has 19 heavy (non-hydrogen) atoms. The molecule has 0 heterocycles. The first-order valence-electron chi connectivity index (χ1n) is 6.10. The van der Waals surface area contributed by atoms with Crippen molar-refractivity contribution in [2.45, 2.75) is 33.3 Å². The van der Waals surface area contributed by atoms with Crippen LogP contribution in [0.15, 0.2) is 27.1 Å². The summed E-state index contributed by atoms with van der Waals surface area (Å²) in [7, 11) is 0. The lowest BCUT2D eigenvalue weighted by Gasteiger charge is -2.22. The van der Waals surface area contributed by atoms with E-state index in [4.69, 9.17) is 0 Å². The summed E-state index contributed by atoms with van der Waals surface area (Å²) in [6.07, 6.45) is 0.120. The number of nitrogens with one attached hydrogen (secondary N) is 1. The molecule has 0 aliphatic heterocycles. The van der Waals surface area contributed by atoms with E-state index in [-0.39, 0.29) is 17.9 Å². The smallest absolute Gasteiger partial charge is 0.251 e. The number of carbonyl (C=O) groups excluding carboxylic acids is 1. The molecule has 106 valence electrons. The fourth-order valence-electron chi connectivity index (χ4n) is 1.78. The minimum absolute atomic E-state index is 0.0446. The third-order valence-electron chi connectivity index (χ3n) is 2.47. The SMILES string of the molecule is CC(C)(C)CC(O)CNC(=O)c1cc(Br)cc(Br)c1. The third kappa shape index (κ3) is 6.54. The summed E-state index contributed by atoms with van der Waals surface area (Å²) in [4.78, 5) is 12.0.